The van der Waals surface area contributed by atoms with Crippen LogP contribution in [0.15, 0.2) is 16.5 Å². The molecule has 1 heterocycles. The van der Waals surface area contributed by atoms with Crippen LogP contribution in [-0.2, 0) is 6.54 Å². The molecule has 0 saturated heterocycles. The lowest BCUT2D eigenvalue weighted by atomic mass is 10.4. The molecule has 1 aromatic rings. The van der Waals surface area contributed by atoms with E-state index in [1.165, 1.54) is 0 Å². The fourth-order valence-corrected chi connectivity index (χ4v) is 0.913. The monoisotopic (exact) mass is 195 g/mol. The van der Waals surface area contributed by atoms with Gasteiger partial charge in [0.05, 0.1) is 13.1 Å². The minimum atomic E-state index is -2.34. The number of halogens is 3. The summed E-state index contributed by atoms with van der Waals surface area (Å²) in [6.45, 7) is -0.0601. The average Bonchev–Trinajstić information content (AvgIpc) is 2.35. The van der Waals surface area contributed by atoms with Gasteiger partial charge in [-0.2, -0.15) is 0 Å². The Bertz CT molecular complexity index is 239. The summed E-state index contributed by atoms with van der Waals surface area (Å²) in [5.41, 5.74) is 0. The smallest absolute Gasteiger partial charge is 0.250 e. The van der Waals surface area contributed by atoms with Crippen molar-refractivity contribution in [2.45, 2.75) is 13.0 Å². The van der Waals surface area contributed by atoms with Crippen molar-refractivity contribution in [3.63, 3.8) is 0 Å². The van der Waals surface area contributed by atoms with Crippen LogP contribution >= 0.6 is 11.6 Å². The van der Waals surface area contributed by atoms with Gasteiger partial charge < -0.3 is 9.73 Å². The molecule has 0 fully saturated rings. The van der Waals surface area contributed by atoms with Gasteiger partial charge in [-0.1, -0.05) is 0 Å². The van der Waals surface area contributed by atoms with Gasteiger partial charge in [0.25, 0.3) is 6.43 Å². The first-order valence-corrected chi connectivity index (χ1v) is 3.79. The lowest BCUT2D eigenvalue weighted by Crippen LogP contribution is -2.20. The Kier molecular flexibility index (Phi) is 3.49. The number of nitrogens with one attached hydrogen (secondary N) is 1. The molecule has 5 heteroatoms. The van der Waals surface area contributed by atoms with E-state index >= 15 is 0 Å². The molecule has 0 bridgehead atoms. The maximum Gasteiger partial charge on any atom is 0.250 e. The van der Waals surface area contributed by atoms with Crippen LogP contribution in [0.3, 0.4) is 0 Å². The van der Waals surface area contributed by atoms with E-state index in [2.05, 4.69) is 5.32 Å². The topological polar surface area (TPSA) is 25.2 Å². The lowest BCUT2D eigenvalue weighted by molar-refractivity contribution is 0.145. The fourth-order valence-electron chi connectivity index (χ4n) is 0.751. The number of furan rings is 1. The zero-order valence-electron chi connectivity index (χ0n) is 6.19. The second-order valence-electron chi connectivity index (χ2n) is 2.23. The molecule has 0 aromatic carbocycles. The second kappa shape index (κ2) is 4.42. The molecular formula is C7H8ClF2NO. The lowest BCUT2D eigenvalue weighted by Gasteiger charge is -1.99. The van der Waals surface area contributed by atoms with Gasteiger partial charge in [0.15, 0.2) is 5.22 Å². The SMILES string of the molecule is FC(F)CNCc1ccc(Cl)o1. The van der Waals surface area contributed by atoms with E-state index in [9.17, 15) is 8.78 Å². The molecule has 12 heavy (non-hydrogen) atoms. The maximum absolute atomic E-state index is 11.6. The van der Waals surface area contributed by atoms with Crippen molar-refractivity contribution >= 4 is 11.6 Å². The van der Waals surface area contributed by atoms with E-state index in [0.29, 0.717) is 5.76 Å². The van der Waals surface area contributed by atoms with E-state index in [1.54, 1.807) is 12.1 Å². The van der Waals surface area contributed by atoms with Crippen LogP contribution in [-0.4, -0.2) is 13.0 Å². The zero-order chi connectivity index (χ0) is 8.97. The molecule has 0 radical (unpaired) electrons. The Morgan fingerprint density at radius 3 is 2.75 bits per heavy atom. The molecule has 0 unspecified atom stereocenters. The predicted molar refractivity (Wildman–Crippen MR) is 41.4 cm³/mol. The second-order valence-corrected chi connectivity index (χ2v) is 2.60. The Morgan fingerprint density at radius 2 is 2.25 bits per heavy atom. The summed E-state index contributed by atoms with van der Waals surface area (Å²) in [7, 11) is 0. The summed E-state index contributed by atoms with van der Waals surface area (Å²) in [6.07, 6.45) is -2.34. The highest BCUT2D eigenvalue weighted by molar-refractivity contribution is 6.28. The predicted octanol–water partition coefficient (Wildman–Crippen LogP) is 2.29. The van der Waals surface area contributed by atoms with Crippen molar-refractivity contribution in [1.29, 1.82) is 0 Å². The maximum atomic E-state index is 11.6. The zero-order valence-corrected chi connectivity index (χ0v) is 6.94. The normalized spacial score (nSPS) is 11.0. The highest BCUT2D eigenvalue weighted by atomic mass is 35.5. The highest BCUT2D eigenvalue weighted by Crippen LogP contribution is 2.12. The van der Waals surface area contributed by atoms with E-state index in [-0.39, 0.29) is 18.3 Å². The van der Waals surface area contributed by atoms with Crippen molar-refractivity contribution in [3.8, 4) is 0 Å². The van der Waals surface area contributed by atoms with Gasteiger partial charge in [-0.25, -0.2) is 8.78 Å². The van der Waals surface area contributed by atoms with Gasteiger partial charge in [0.2, 0.25) is 0 Å². The fraction of sp³-hybridized carbons (Fsp3) is 0.429. The van der Waals surface area contributed by atoms with Crippen molar-refractivity contribution in [1.82, 2.24) is 5.32 Å². The third-order valence-corrected chi connectivity index (χ3v) is 1.43. The summed E-state index contributed by atoms with van der Waals surface area (Å²) in [6, 6.07) is 3.21. The van der Waals surface area contributed by atoms with Gasteiger partial charge in [0.1, 0.15) is 5.76 Å². The molecule has 2 nitrogen and oxygen atoms in total. The first-order chi connectivity index (χ1) is 5.68. The molecule has 0 saturated carbocycles. The van der Waals surface area contributed by atoms with Crippen molar-refractivity contribution in [2.75, 3.05) is 6.54 Å². The molecule has 0 amide bonds. The molecular weight excluding hydrogens is 188 g/mol. The minimum Gasteiger partial charge on any atom is -0.448 e. The Hall–Kier alpha value is -0.610. The third-order valence-electron chi connectivity index (χ3n) is 1.23. The van der Waals surface area contributed by atoms with E-state index in [1.807, 2.05) is 0 Å². The van der Waals surface area contributed by atoms with Crippen LogP contribution in [0.1, 0.15) is 5.76 Å². The first-order valence-electron chi connectivity index (χ1n) is 3.41. The quantitative estimate of drug-likeness (QED) is 0.798. The molecule has 1 aromatic heterocycles. The van der Waals surface area contributed by atoms with E-state index in [0.717, 1.165) is 0 Å². The van der Waals surface area contributed by atoms with E-state index < -0.39 is 6.43 Å². The van der Waals surface area contributed by atoms with Crippen molar-refractivity contribution < 1.29 is 13.2 Å². The number of hydrogen-bond acceptors (Lipinski definition) is 2. The van der Waals surface area contributed by atoms with Gasteiger partial charge in [-0.05, 0) is 23.7 Å². The average molecular weight is 196 g/mol. The minimum absolute atomic E-state index is 0.267. The molecule has 1 N–H and O–H groups in total. The van der Waals surface area contributed by atoms with Crippen LogP contribution in [0.5, 0.6) is 0 Å². The number of hydrogen-bond donors (Lipinski definition) is 1. The summed E-state index contributed by atoms with van der Waals surface area (Å²) in [4.78, 5) is 0. The summed E-state index contributed by atoms with van der Waals surface area (Å²) in [5, 5.41) is 2.78. The van der Waals surface area contributed by atoms with Crippen LogP contribution in [0, 0.1) is 0 Å². The van der Waals surface area contributed by atoms with Crippen molar-refractivity contribution in [3.05, 3.63) is 23.1 Å². The largest absolute Gasteiger partial charge is 0.448 e. The molecule has 0 aliphatic heterocycles. The molecule has 0 aliphatic carbocycles. The third kappa shape index (κ3) is 3.19. The molecule has 1 rings (SSSR count). The summed E-state index contributed by atoms with van der Waals surface area (Å²) < 4.78 is 28.2. The van der Waals surface area contributed by atoms with E-state index in [4.69, 9.17) is 16.0 Å². The van der Waals surface area contributed by atoms with Gasteiger partial charge in [-0.15, -0.1) is 0 Å². The first kappa shape index (κ1) is 9.48. The number of rotatable bonds is 4. The van der Waals surface area contributed by atoms with Gasteiger partial charge in [0, 0.05) is 0 Å². The Labute approximate surface area is 73.5 Å². The summed E-state index contributed by atoms with van der Waals surface area (Å²) >= 11 is 5.46. The van der Waals surface area contributed by atoms with Crippen LogP contribution in [0.4, 0.5) is 8.78 Å². The van der Waals surface area contributed by atoms with Crippen LogP contribution in [0.25, 0.3) is 0 Å². The standard InChI is InChI=1S/C7H8ClF2NO/c8-6-2-1-5(12-6)3-11-4-7(9)10/h1-2,7,11H,3-4H2. The molecule has 68 valence electrons. The summed E-state index contributed by atoms with van der Waals surface area (Å²) in [5.74, 6) is 0.556. The molecule has 0 aliphatic rings. The highest BCUT2D eigenvalue weighted by Gasteiger charge is 2.02. The molecule has 0 atom stereocenters. The van der Waals surface area contributed by atoms with Crippen LogP contribution < -0.4 is 5.32 Å². The van der Waals surface area contributed by atoms with Gasteiger partial charge in [-0.3, -0.25) is 0 Å². The number of alkyl halides is 2. The van der Waals surface area contributed by atoms with Gasteiger partial charge >= 0.3 is 0 Å². The Morgan fingerprint density at radius 1 is 1.50 bits per heavy atom. The molecule has 0 spiro atoms. The van der Waals surface area contributed by atoms with Crippen molar-refractivity contribution in [2.24, 2.45) is 0 Å². The van der Waals surface area contributed by atoms with Crippen LogP contribution in [0.2, 0.25) is 5.22 Å². The Balaban J connectivity index is 2.24.